The lowest BCUT2D eigenvalue weighted by Gasteiger charge is -2.34. The van der Waals surface area contributed by atoms with Crippen LogP contribution in [0.2, 0.25) is 0 Å². The summed E-state index contributed by atoms with van der Waals surface area (Å²) in [5.74, 6) is 1.36. The maximum atomic E-state index is 12.8. The number of nitrogens with one attached hydrogen (secondary N) is 2. The van der Waals surface area contributed by atoms with Crippen molar-refractivity contribution in [2.45, 2.75) is 50.0 Å². The first-order valence-electron chi connectivity index (χ1n) is 11.2. The van der Waals surface area contributed by atoms with E-state index in [4.69, 9.17) is 0 Å². The molecule has 2 heterocycles. The fourth-order valence-corrected chi connectivity index (χ4v) is 5.78. The minimum atomic E-state index is -3.40. The molecule has 2 fully saturated rings. The second kappa shape index (κ2) is 10.9. The van der Waals surface area contributed by atoms with Crippen molar-refractivity contribution in [1.82, 2.24) is 19.8 Å². The Labute approximate surface area is 186 Å². The maximum absolute atomic E-state index is 12.8. The maximum Gasteiger partial charge on any atom is 0.243 e. The number of rotatable bonds is 6. The Kier molecular flexibility index (Phi) is 8.31. The number of hydrogen-bond acceptors (Lipinski definition) is 4. The Morgan fingerprint density at radius 1 is 1.06 bits per heavy atom. The lowest BCUT2D eigenvalue weighted by molar-refractivity contribution is -0.121. The van der Waals surface area contributed by atoms with Crippen molar-refractivity contribution in [1.29, 1.82) is 0 Å². The highest BCUT2D eigenvalue weighted by Crippen LogP contribution is 2.22. The van der Waals surface area contributed by atoms with E-state index in [0.29, 0.717) is 36.9 Å². The summed E-state index contributed by atoms with van der Waals surface area (Å²) in [4.78, 5) is 18.6. The van der Waals surface area contributed by atoms with Gasteiger partial charge < -0.3 is 15.5 Å². The van der Waals surface area contributed by atoms with Gasteiger partial charge in [0.25, 0.3) is 0 Å². The third kappa shape index (κ3) is 6.20. The van der Waals surface area contributed by atoms with Gasteiger partial charge in [0.1, 0.15) is 0 Å². The van der Waals surface area contributed by atoms with Crippen molar-refractivity contribution in [3.63, 3.8) is 0 Å². The molecule has 2 saturated heterocycles. The number of sulfonamides is 1. The van der Waals surface area contributed by atoms with E-state index in [0.717, 1.165) is 56.7 Å². The predicted molar refractivity (Wildman–Crippen MR) is 122 cm³/mol. The van der Waals surface area contributed by atoms with E-state index >= 15 is 0 Å². The predicted octanol–water partition coefficient (Wildman–Crippen LogP) is 1.78. The molecular formula is C22H35N5O3S. The van der Waals surface area contributed by atoms with Crippen LogP contribution in [-0.2, 0) is 21.4 Å². The minimum absolute atomic E-state index is 0.103. The van der Waals surface area contributed by atoms with Crippen molar-refractivity contribution in [3.8, 4) is 0 Å². The summed E-state index contributed by atoms with van der Waals surface area (Å²) >= 11 is 0. The van der Waals surface area contributed by atoms with E-state index in [1.807, 2.05) is 12.1 Å². The average Bonchev–Trinajstić information content (AvgIpc) is 2.81. The third-order valence-electron chi connectivity index (χ3n) is 6.21. The number of amides is 1. The number of benzene rings is 1. The van der Waals surface area contributed by atoms with E-state index in [1.165, 1.54) is 0 Å². The number of aliphatic imine (C=N–C) groups is 1. The molecule has 172 valence electrons. The number of guanidine groups is 1. The second-order valence-electron chi connectivity index (χ2n) is 8.32. The summed E-state index contributed by atoms with van der Waals surface area (Å²) in [5.41, 5.74) is 1.01. The van der Waals surface area contributed by atoms with Crippen molar-refractivity contribution >= 4 is 21.9 Å². The Balaban J connectivity index is 1.51. The number of hydrogen-bond donors (Lipinski definition) is 2. The zero-order valence-corrected chi connectivity index (χ0v) is 19.5. The van der Waals surface area contributed by atoms with E-state index < -0.39 is 10.0 Å². The van der Waals surface area contributed by atoms with Gasteiger partial charge in [-0.3, -0.25) is 9.79 Å². The molecule has 0 spiro atoms. The molecule has 31 heavy (non-hydrogen) atoms. The number of carbonyl (C=O) groups is 1. The van der Waals surface area contributed by atoms with Crippen molar-refractivity contribution < 1.29 is 13.2 Å². The van der Waals surface area contributed by atoms with Gasteiger partial charge in [0.15, 0.2) is 5.96 Å². The second-order valence-corrected chi connectivity index (χ2v) is 10.3. The SMILES string of the molecule is CN=C(NCc1ccc(S(=O)(=O)N2CCCCC2)cc1)N1CCC(CC(=O)NC)CC1. The Hall–Kier alpha value is -2.13. The van der Waals surface area contributed by atoms with Gasteiger partial charge in [-0.25, -0.2) is 8.42 Å². The quantitative estimate of drug-likeness (QED) is 0.510. The van der Waals surface area contributed by atoms with Crippen LogP contribution in [0.5, 0.6) is 0 Å². The lowest BCUT2D eigenvalue weighted by atomic mass is 9.93. The van der Waals surface area contributed by atoms with Crippen LogP contribution in [-0.4, -0.2) is 69.8 Å². The van der Waals surface area contributed by atoms with E-state index in [1.54, 1.807) is 30.5 Å². The molecule has 2 aliphatic rings. The Bertz CT molecular complexity index is 856. The molecular weight excluding hydrogens is 414 g/mol. The number of nitrogens with zero attached hydrogens (tertiary/aromatic N) is 3. The Morgan fingerprint density at radius 3 is 2.29 bits per heavy atom. The van der Waals surface area contributed by atoms with Crippen LogP contribution in [0, 0.1) is 5.92 Å². The molecule has 1 aromatic carbocycles. The summed E-state index contributed by atoms with van der Waals surface area (Å²) < 4.78 is 27.2. The van der Waals surface area contributed by atoms with Gasteiger partial charge in [-0.1, -0.05) is 18.6 Å². The monoisotopic (exact) mass is 449 g/mol. The first-order valence-corrected chi connectivity index (χ1v) is 12.6. The third-order valence-corrected chi connectivity index (χ3v) is 8.12. The van der Waals surface area contributed by atoms with Crippen LogP contribution >= 0.6 is 0 Å². The van der Waals surface area contributed by atoms with Gasteiger partial charge in [0.2, 0.25) is 15.9 Å². The zero-order valence-electron chi connectivity index (χ0n) is 18.6. The zero-order chi connectivity index (χ0) is 22.3. The van der Waals surface area contributed by atoms with Gasteiger partial charge >= 0.3 is 0 Å². The van der Waals surface area contributed by atoms with Gasteiger partial charge in [-0.05, 0) is 49.3 Å². The summed E-state index contributed by atoms with van der Waals surface area (Å²) in [7, 11) is 0.0552. The molecule has 0 aliphatic carbocycles. The molecule has 1 amide bonds. The van der Waals surface area contributed by atoms with E-state index in [2.05, 4.69) is 20.5 Å². The van der Waals surface area contributed by atoms with Crippen LogP contribution in [0.1, 0.15) is 44.1 Å². The van der Waals surface area contributed by atoms with Gasteiger partial charge in [-0.15, -0.1) is 0 Å². The summed E-state index contributed by atoms with van der Waals surface area (Å²) in [6.45, 7) is 3.54. The molecule has 0 unspecified atom stereocenters. The highest BCUT2D eigenvalue weighted by Gasteiger charge is 2.26. The molecule has 8 nitrogen and oxygen atoms in total. The normalized spacial score (nSPS) is 19.3. The number of likely N-dealkylation sites (tertiary alicyclic amines) is 1. The molecule has 0 atom stereocenters. The van der Waals surface area contributed by atoms with Crippen LogP contribution < -0.4 is 10.6 Å². The molecule has 2 N–H and O–H groups in total. The molecule has 0 saturated carbocycles. The largest absolute Gasteiger partial charge is 0.359 e. The smallest absolute Gasteiger partial charge is 0.243 e. The molecule has 0 bridgehead atoms. The minimum Gasteiger partial charge on any atom is -0.359 e. The fourth-order valence-electron chi connectivity index (χ4n) is 4.26. The standard InChI is InChI=1S/C22H35N5O3S/c1-23-21(28)16-18-10-14-26(15-11-18)22(24-2)25-17-19-6-8-20(9-7-19)31(29,30)27-12-4-3-5-13-27/h6-9,18H,3-5,10-17H2,1-2H3,(H,23,28)(H,24,25). The molecule has 1 aromatic rings. The first kappa shape index (κ1) is 23.5. The average molecular weight is 450 g/mol. The molecule has 0 radical (unpaired) electrons. The highest BCUT2D eigenvalue weighted by molar-refractivity contribution is 7.89. The van der Waals surface area contributed by atoms with Crippen LogP contribution in [0.25, 0.3) is 0 Å². The van der Waals surface area contributed by atoms with Gasteiger partial charge in [0.05, 0.1) is 4.90 Å². The molecule has 2 aliphatic heterocycles. The van der Waals surface area contributed by atoms with Crippen molar-refractivity contribution in [2.24, 2.45) is 10.9 Å². The summed E-state index contributed by atoms with van der Waals surface area (Å²) in [5, 5.41) is 6.08. The van der Waals surface area contributed by atoms with Gasteiger partial charge in [-0.2, -0.15) is 4.31 Å². The Morgan fingerprint density at radius 2 is 1.71 bits per heavy atom. The van der Waals surface area contributed by atoms with Crippen molar-refractivity contribution in [2.75, 3.05) is 40.3 Å². The topological polar surface area (TPSA) is 94.1 Å². The van der Waals surface area contributed by atoms with Crippen LogP contribution in [0.4, 0.5) is 0 Å². The highest BCUT2D eigenvalue weighted by atomic mass is 32.2. The van der Waals surface area contributed by atoms with Crippen molar-refractivity contribution in [3.05, 3.63) is 29.8 Å². The van der Waals surface area contributed by atoms with E-state index in [-0.39, 0.29) is 5.91 Å². The number of piperidine rings is 2. The number of carbonyl (C=O) groups excluding carboxylic acids is 1. The van der Waals surface area contributed by atoms with E-state index in [9.17, 15) is 13.2 Å². The summed E-state index contributed by atoms with van der Waals surface area (Å²) in [6.07, 6.45) is 5.49. The van der Waals surface area contributed by atoms with Crippen LogP contribution in [0.3, 0.4) is 0 Å². The molecule has 0 aromatic heterocycles. The first-order chi connectivity index (χ1) is 14.9. The molecule has 9 heteroatoms. The summed E-state index contributed by atoms with van der Waals surface area (Å²) in [6, 6.07) is 7.14. The van der Waals surface area contributed by atoms with Gasteiger partial charge in [0, 0.05) is 53.2 Å². The van der Waals surface area contributed by atoms with Crippen LogP contribution in [0.15, 0.2) is 34.2 Å². The lowest BCUT2D eigenvalue weighted by Crippen LogP contribution is -2.45. The molecule has 3 rings (SSSR count). The fraction of sp³-hybridized carbons (Fsp3) is 0.636.